The van der Waals surface area contributed by atoms with E-state index in [2.05, 4.69) is 0 Å². The van der Waals surface area contributed by atoms with Crippen molar-refractivity contribution in [1.29, 1.82) is 0 Å². The van der Waals surface area contributed by atoms with Crippen molar-refractivity contribution in [2.24, 2.45) is 0 Å². The zero-order chi connectivity index (χ0) is 16.6. The van der Waals surface area contributed by atoms with E-state index >= 15 is 0 Å². The van der Waals surface area contributed by atoms with Gasteiger partial charge in [0.05, 0.1) is 12.0 Å². The molecular weight excluding hydrogens is 290 g/mol. The highest BCUT2D eigenvalue weighted by atomic mass is 16.3. The molecule has 4 heteroatoms. The number of carbonyl (C=O) groups excluding carboxylic acids is 2. The highest BCUT2D eigenvalue weighted by Gasteiger charge is 2.43. The summed E-state index contributed by atoms with van der Waals surface area (Å²) < 4.78 is 0. The minimum Gasteiger partial charge on any atom is -0.388 e. The predicted octanol–water partition coefficient (Wildman–Crippen LogP) is 2.69. The van der Waals surface area contributed by atoms with Gasteiger partial charge in [-0.1, -0.05) is 42.5 Å². The number of fused-ring (bicyclic) bond motifs is 1. The molecule has 118 valence electrons. The van der Waals surface area contributed by atoms with E-state index in [0.717, 1.165) is 16.8 Å². The van der Waals surface area contributed by atoms with Crippen molar-refractivity contribution in [3.63, 3.8) is 0 Å². The number of rotatable bonds is 4. The average Bonchev–Trinajstić information content (AvgIpc) is 2.76. The molecule has 2 aromatic carbocycles. The molecule has 0 radical (unpaired) electrons. The summed E-state index contributed by atoms with van der Waals surface area (Å²) in [4.78, 5) is 26.0. The Labute approximate surface area is 135 Å². The van der Waals surface area contributed by atoms with Crippen LogP contribution in [0.2, 0.25) is 0 Å². The molecule has 0 atom stereocenters. The lowest BCUT2D eigenvalue weighted by atomic mass is 9.86. The number of ketones is 1. The number of amides is 1. The third kappa shape index (κ3) is 2.55. The van der Waals surface area contributed by atoms with Gasteiger partial charge in [0.2, 0.25) is 5.91 Å². The van der Waals surface area contributed by atoms with Gasteiger partial charge in [-0.3, -0.25) is 9.59 Å². The summed E-state index contributed by atoms with van der Waals surface area (Å²) in [6.45, 7) is 3.85. The predicted molar refractivity (Wildman–Crippen MR) is 88.5 cm³/mol. The molecule has 0 aliphatic carbocycles. The van der Waals surface area contributed by atoms with E-state index < -0.39 is 12.0 Å². The SMILES string of the molecule is CC1(C)C(=O)N(Cc2ccc(C(=O)CO)cc2)c2ccccc21. The van der Waals surface area contributed by atoms with E-state index in [-0.39, 0.29) is 11.7 Å². The number of aliphatic hydroxyl groups excluding tert-OH is 1. The molecule has 0 bridgehead atoms. The molecule has 4 nitrogen and oxygen atoms in total. The van der Waals surface area contributed by atoms with Gasteiger partial charge in [-0.15, -0.1) is 0 Å². The number of hydrogen-bond donors (Lipinski definition) is 1. The summed E-state index contributed by atoms with van der Waals surface area (Å²) in [7, 11) is 0. The van der Waals surface area contributed by atoms with Crippen LogP contribution in [0.1, 0.15) is 35.3 Å². The van der Waals surface area contributed by atoms with Gasteiger partial charge in [-0.25, -0.2) is 0 Å². The van der Waals surface area contributed by atoms with Crippen LogP contribution in [0.4, 0.5) is 5.69 Å². The highest BCUT2D eigenvalue weighted by Crippen LogP contribution is 2.41. The summed E-state index contributed by atoms with van der Waals surface area (Å²) >= 11 is 0. The molecule has 0 spiro atoms. The summed E-state index contributed by atoms with van der Waals surface area (Å²) in [6, 6.07) is 14.9. The molecule has 0 saturated carbocycles. The molecule has 1 N–H and O–H groups in total. The zero-order valence-electron chi connectivity index (χ0n) is 13.2. The maximum absolute atomic E-state index is 12.7. The van der Waals surface area contributed by atoms with Crippen molar-refractivity contribution >= 4 is 17.4 Å². The van der Waals surface area contributed by atoms with Crippen molar-refractivity contribution < 1.29 is 14.7 Å². The first-order valence-electron chi connectivity index (χ1n) is 7.59. The van der Waals surface area contributed by atoms with E-state index in [9.17, 15) is 9.59 Å². The van der Waals surface area contributed by atoms with Crippen LogP contribution in [0, 0.1) is 0 Å². The van der Waals surface area contributed by atoms with E-state index in [1.807, 2.05) is 50.2 Å². The number of nitrogens with zero attached hydrogens (tertiary/aromatic N) is 1. The Morgan fingerprint density at radius 1 is 1.09 bits per heavy atom. The van der Waals surface area contributed by atoms with Crippen molar-refractivity contribution in [3.8, 4) is 0 Å². The smallest absolute Gasteiger partial charge is 0.237 e. The fourth-order valence-electron chi connectivity index (χ4n) is 3.03. The Morgan fingerprint density at radius 3 is 2.39 bits per heavy atom. The lowest BCUT2D eigenvalue weighted by Gasteiger charge is -2.20. The van der Waals surface area contributed by atoms with E-state index in [4.69, 9.17) is 5.11 Å². The average molecular weight is 309 g/mol. The normalized spacial score (nSPS) is 15.6. The topological polar surface area (TPSA) is 57.6 Å². The molecule has 1 heterocycles. The monoisotopic (exact) mass is 309 g/mol. The molecule has 3 rings (SSSR count). The second-order valence-electron chi connectivity index (χ2n) is 6.31. The molecule has 23 heavy (non-hydrogen) atoms. The number of benzene rings is 2. The van der Waals surface area contributed by atoms with Crippen molar-refractivity contribution in [2.75, 3.05) is 11.5 Å². The zero-order valence-corrected chi connectivity index (χ0v) is 13.2. The molecule has 1 amide bonds. The summed E-state index contributed by atoms with van der Waals surface area (Å²) in [5, 5.41) is 8.89. The second-order valence-corrected chi connectivity index (χ2v) is 6.31. The first kappa shape index (κ1) is 15.4. The third-order valence-corrected chi connectivity index (χ3v) is 4.41. The number of para-hydroxylation sites is 1. The molecule has 0 saturated heterocycles. The van der Waals surface area contributed by atoms with Gasteiger partial charge in [0.1, 0.15) is 6.61 Å². The van der Waals surface area contributed by atoms with Crippen molar-refractivity contribution in [2.45, 2.75) is 25.8 Å². The lowest BCUT2D eigenvalue weighted by molar-refractivity contribution is -0.122. The van der Waals surface area contributed by atoms with Crippen LogP contribution in [0.15, 0.2) is 48.5 Å². The molecule has 1 aliphatic heterocycles. The fourth-order valence-corrected chi connectivity index (χ4v) is 3.03. The summed E-state index contributed by atoms with van der Waals surface area (Å²) in [5.41, 5.74) is 2.88. The first-order chi connectivity index (χ1) is 10.9. The van der Waals surface area contributed by atoms with Gasteiger partial charge in [0.25, 0.3) is 0 Å². The summed E-state index contributed by atoms with van der Waals surface area (Å²) in [5.74, 6) is -0.227. The van der Waals surface area contributed by atoms with Gasteiger partial charge in [0.15, 0.2) is 5.78 Å². The Bertz CT molecular complexity index is 762. The molecule has 1 aliphatic rings. The largest absolute Gasteiger partial charge is 0.388 e. The standard InChI is InChI=1S/C19H19NO3/c1-19(2)15-5-3-4-6-16(15)20(18(19)23)11-13-7-9-14(10-8-13)17(22)12-21/h3-10,21H,11-12H2,1-2H3. The van der Waals surface area contributed by atoms with Gasteiger partial charge in [-0.05, 0) is 31.0 Å². The van der Waals surface area contributed by atoms with Crippen molar-refractivity contribution in [3.05, 3.63) is 65.2 Å². The third-order valence-electron chi connectivity index (χ3n) is 4.41. The van der Waals surface area contributed by atoms with E-state index in [1.165, 1.54) is 0 Å². The number of aliphatic hydroxyl groups is 1. The van der Waals surface area contributed by atoms with Gasteiger partial charge in [0, 0.05) is 11.3 Å². The Morgan fingerprint density at radius 2 is 1.74 bits per heavy atom. The quantitative estimate of drug-likeness (QED) is 0.883. The van der Waals surface area contributed by atoms with Crippen molar-refractivity contribution in [1.82, 2.24) is 0 Å². The molecular formula is C19H19NO3. The minimum atomic E-state index is -0.524. The number of anilines is 1. The summed E-state index contributed by atoms with van der Waals surface area (Å²) in [6.07, 6.45) is 0. The molecule has 0 aromatic heterocycles. The van der Waals surface area contributed by atoms with Gasteiger partial charge < -0.3 is 10.0 Å². The minimum absolute atomic E-state index is 0.0780. The number of hydrogen-bond acceptors (Lipinski definition) is 3. The van der Waals surface area contributed by atoms with Gasteiger partial charge in [-0.2, -0.15) is 0 Å². The molecule has 0 unspecified atom stereocenters. The molecule has 0 fully saturated rings. The maximum Gasteiger partial charge on any atom is 0.237 e. The first-order valence-corrected chi connectivity index (χ1v) is 7.59. The van der Waals surface area contributed by atoms with Crippen LogP contribution in [0.25, 0.3) is 0 Å². The molecule has 2 aromatic rings. The van der Waals surface area contributed by atoms with Crippen LogP contribution in [0.3, 0.4) is 0 Å². The van der Waals surface area contributed by atoms with Gasteiger partial charge >= 0.3 is 0 Å². The Hall–Kier alpha value is -2.46. The van der Waals surface area contributed by atoms with E-state index in [1.54, 1.807) is 17.0 Å². The van der Waals surface area contributed by atoms with E-state index in [0.29, 0.717) is 12.1 Å². The van der Waals surface area contributed by atoms with Crippen LogP contribution in [0.5, 0.6) is 0 Å². The number of carbonyl (C=O) groups is 2. The Balaban J connectivity index is 1.89. The van der Waals surface area contributed by atoms with Crippen LogP contribution < -0.4 is 4.90 Å². The highest BCUT2D eigenvalue weighted by molar-refractivity contribution is 6.07. The lowest BCUT2D eigenvalue weighted by Crippen LogP contribution is -2.35. The Kier molecular flexibility index (Phi) is 3.78. The second kappa shape index (κ2) is 5.63. The maximum atomic E-state index is 12.7. The van der Waals surface area contributed by atoms with Crippen LogP contribution in [-0.2, 0) is 16.8 Å². The fraction of sp³-hybridized carbons (Fsp3) is 0.263. The number of Topliss-reactive ketones (excluding diaryl/α,β-unsaturated/α-hetero) is 1. The van der Waals surface area contributed by atoms with Crippen LogP contribution in [-0.4, -0.2) is 23.4 Å². The van der Waals surface area contributed by atoms with Crippen LogP contribution >= 0.6 is 0 Å².